The number of hydrogen-bond donors (Lipinski definition) is 1. The summed E-state index contributed by atoms with van der Waals surface area (Å²) < 4.78 is 4.87. The van der Waals surface area contributed by atoms with Crippen LogP contribution in [0.2, 0.25) is 0 Å². The average molecular weight is 242 g/mol. The van der Waals surface area contributed by atoms with Gasteiger partial charge in [-0.1, -0.05) is 5.92 Å². The van der Waals surface area contributed by atoms with Crippen LogP contribution in [0.3, 0.4) is 0 Å². The quantitative estimate of drug-likeness (QED) is 0.507. The molecule has 0 aliphatic carbocycles. The summed E-state index contributed by atoms with van der Waals surface area (Å²) in [5, 5.41) is 8.65. The van der Waals surface area contributed by atoms with Crippen molar-refractivity contribution in [1.82, 2.24) is 9.80 Å². The molecular weight excluding hydrogens is 224 g/mol. The number of aliphatic carboxylic acids is 1. The molecule has 0 atom stereocenters. The van der Waals surface area contributed by atoms with Crippen LogP contribution >= 0.6 is 0 Å². The third-order valence-electron chi connectivity index (χ3n) is 2.05. The van der Waals surface area contributed by atoms with Crippen LogP contribution in [0.5, 0.6) is 0 Å². The predicted octanol–water partition coefficient (Wildman–Crippen LogP) is 0.0945. The van der Waals surface area contributed by atoms with E-state index in [1.165, 1.54) is 4.90 Å². The molecule has 0 aliphatic rings. The molecule has 0 fully saturated rings. The summed E-state index contributed by atoms with van der Waals surface area (Å²) in [4.78, 5) is 24.9. The van der Waals surface area contributed by atoms with E-state index in [0.29, 0.717) is 19.6 Å². The molecule has 0 aromatic rings. The summed E-state index contributed by atoms with van der Waals surface area (Å²) in [5.41, 5.74) is 0. The number of methoxy groups -OCH3 is 1. The molecule has 0 spiro atoms. The lowest BCUT2D eigenvalue weighted by Gasteiger charge is -2.25. The summed E-state index contributed by atoms with van der Waals surface area (Å²) in [6, 6.07) is -0.388. The maximum Gasteiger partial charge on any atom is 0.323 e. The Bertz CT molecular complexity index is 298. The molecule has 17 heavy (non-hydrogen) atoms. The zero-order valence-corrected chi connectivity index (χ0v) is 10.2. The van der Waals surface area contributed by atoms with E-state index in [4.69, 9.17) is 16.3 Å². The van der Waals surface area contributed by atoms with Gasteiger partial charge in [0.05, 0.1) is 6.54 Å². The van der Waals surface area contributed by atoms with Crippen molar-refractivity contribution in [1.29, 1.82) is 0 Å². The minimum atomic E-state index is -1.08. The molecule has 6 heteroatoms. The Hall–Kier alpha value is -1.74. The molecule has 0 aromatic carbocycles. The zero-order chi connectivity index (χ0) is 13.3. The fourth-order valence-electron chi connectivity index (χ4n) is 1.25. The van der Waals surface area contributed by atoms with Crippen LogP contribution in [0.1, 0.15) is 6.42 Å². The fraction of sp³-hybridized carbons (Fsp3) is 0.636. The molecule has 0 radical (unpaired) electrons. The monoisotopic (exact) mass is 242 g/mol. The van der Waals surface area contributed by atoms with Crippen LogP contribution in [0.25, 0.3) is 0 Å². The van der Waals surface area contributed by atoms with Gasteiger partial charge in [0.15, 0.2) is 0 Å². The number of urea groups is 1. The Morgan fingerprint density at radius 1 is 1.47 bits per heavy atom. The highest BCUT2D eigenvalue weighted by atomic mass is 16.5. The SMILES string of the molecule is C#CCN(CC(=O)O)C(=O)N(C)CCCOC. The number of ether oxygens (including phenoxy) is 1. The topological polar surface area (TPSA) is 70.1 Å². The maximum atomic E-state index is 11.8. The first-order valence-corrected chi connectivity index (χ1v) is 5.17. The van der Waals surface area contributed by atoms with Crippen molar-refractivity contribution < 1.29 is 19.4 Å². The van der Waals surface area contributed by atoms with Crippen LogP contribution in [0.15, 0.2) is 0 Å². The van der Waals surface area contributed by atoms with Gasteiger partial charge >= 0.3 is 12.0 Å². The van der Waals surface area contributed by atoms with E-state index < -0.39 is 12.5 Å². The summed E-state index contributed by atoms with van der Waals surface area (Å²) in [5.74, 6) is 1.18. The molecule has 0 saturated carbocycles. The molecule has 96 valence electrons. The number of carbonyl (C=O) groups is 2. The van der Waals surface area contributed by atoms with Crippen LogP contribution in [0.4, 0.5) is 4.79 Å². The second-order valence-electron chi connectivity index (χ2n) is 3.50. The Kier molecular flexibility index (Phi) is 7.55. The van der Waals surface area contributed by atoms with Crippen molar-refractivity contribution in [2.45, 2.75) is 6.42 Å². The minimum absolute atomic E-state index is 0.0141. The highest BCUT2D eigenvalue weighted by molar-refractivity contribution is 5.80. The molecule has 0 heterocycles. The van der Waals surface area contributed by atoms with E-state index in [1.54, 1.807) is 14.2 Å². The Morgan fingerprint density at radius 2 is 2.12 bits per heavy atom. The second-order valence-corrected chi connectivity index (χ2v) is 3.50. The first kappa shape index (κ1) is 15.3. The number of carboxylic acid groups (broad SMARTS) is 1. The lowest BCUT2D eigenvalue weighted by molar-refractivity contribution is -0.137. The van der Waals surface area contributed by atoms with Gasteiger partial charge in [-0.2, -0.15) is 0 Å². The molecule has 0 saturated heterocycles. The van der Waals surface area contributed by atoms with Crippen molar-refractivity contribution in [2.75, 3.05) is 40.4 Å². The normalized spacial score (nSPS) is 9.47. The Balaban J connectivity index is 4.29. The molecule has 1 N–H and O–H groups in total. The number of terminal acetylenes is 1. The van der Waals surface area contributed by atoms with Gasteiger partial charge < -0.3 is 19.6 Å². The van der Waals surface area contributed by atoms with Gasteiger partial charge in [-0.15, -0.1) is 6.42 Å². The number of hydrogen-bond acceptors (Lipinski definition) is 3. The highest BCUT2D eigenvalue weighted by Gasteiger charge is 2.19. The number of carboxylic acids is 1. The smallest absolute Gasteiger partial charge is 0.323 e. The van der Waals surface area contributed by atoms with E-state index in [-0.39, 0.29) is 12.6 Å². The van der Waals surface area contributed by atoms with Crippen molar-refractivity contribution in [2.24, 2.45) is 0 Å². The molecular formula is C11H18N2O4. The van der Waals surface area contributed by atoms with Crippen molar-refractivity contribution in [3.63, 3.8) is 0 Å². The lowest BCUT2D eigenvalue weighted by Crippen LogP contribution is -2.44. The van der Waals surface area contributed by atoms with E-state index in [0.717, 1.165) is 4.90 Å². The molecule has 0 aromatic heterocycles. The summed E-state index contributed by atoms with van der Waals surface area (Å²) in [6.07, 6.45) is 5.78. The molecule has 0 aliphatic heterocycles. The van der Waals surface area contributed by atoms with E-state index in [9.17, 15) is 9.59 Å². The van der Waals surface area contributed by atoms with Crippen molar-refractivity contribution >= 4 is 12.0 Å². The molecule has 0 unspecified atom stereocenters. The molecule has 6 nitrogen and oxygen atoms in total. The van der Waals surface area contributed by atoms with Crippen LogP contribution in [-0.2, 0) is 9.53 Å². The van der Waals surface area contributed by atoms with E-state index in [2.05, 4.69) is 5.92 Å². The molecule has 2 amide bonds. The predicted molar refractivity (Wildman–Crippen MR) is 62.6 cm³/mol. The summed E-state index contributed by atoms with van der Waals surface area (Å²) in [7, 11) is 3.18. The third-order valence-corrected chi connectivity index (χ3v) is 2.05. The number of amides is 2. The van der Waals surface area contributed by atoms with Gasteiger partial charge in [-0.05, 0) is 6.42 Å². The second kappa shape index (κ2) is 8.42. The summed E-state index contributed by atoms with van der Waals surface area (Å²) in [6.45, 7) is 0.635. The van der Waals surface area contributed by atoms with Gasteiger partial charge in [0, 0.05) is 27.3 Å². The molecule has 0 bridgehead atoms. The number of nitrogens with zero attached hydrogens (tertiary/aromatic N) is 2. The van der Waals surface area contributed by atoms with Crippen molar-refractivity contribution in [3.8, 4) is 12.3 Å². The first-order valence-electron chi connectivity index (χ1n) is 5.17. The number of carbonyl (C=O) groups excluding carboxylic acids is 1. The van der Waals surface area contributed by atoms with Crippen molar-refractivity contribution in [3.05, 3.63) is 0 Å². The van der Waals surface area contributed by atoms with Crippen LogP contribution in [-0.4, -0.2) is 67.3 Å². The van der Waals surface area contributed by atoms with Gasteiger partial charge in [0.25, 0.3) is 0 Å². The highest BCUT2D eigenvalue weighted by Crippen LogP contribution is 1.98. The summed E-state index contributed by atoms with van der Waals surface area (Å²) >= 11 is 0. The van der Waals surface area contributed by atoms with E-state index in [1.807, 2.05) is 0 Å². The van der Waals surface area contributed by atoms with Gasteiger partial charge in [0.1, 0.15) is 6.54 Å². The van der Waals surface area contributed by atoms with Gasteiger partial charge in [0.2, 0.25) is 0 Å². The minimum Gasteiger partial charge on any atom is -0.480 e. The van der Waals surface area contributed by atoms with Crippen LogP contribution in [0, 0.1) is 12.3 Å². The van der Waals surface area contributed by atoms with E-state index >= 15 is 0 Å². The Labute approximate surface area is 101 Å². The maximum absolute atomic E-state index is 11.8. The standard InChI is InChI=1S/C11H18N2O4/c1-4-6-13(9-10(14)15)11(16)12(2)7-5-8-17-3/h1H,5-9H2,2-3H3,(H,14,15). The number of rotatable bonds is 7. The lowest BCUT2D eigenvalue weighted by atomic mass is 10.4. The fourth-order valence-corrected chi connectivity index (χ4v) is 1.25. The zero-order valence-electron chi connectivity index (χ0n) is 10.2. The molecule has 0 rings (SSSR count). The van der Waals surface area contributed by atoms with Crippen LogP contribution < -0.4 is 0 Å². The van der Waals surface area contributed by atoms with Gasteiger partial charge in [-0.3, -0.25) is 4.79 Å². The Morgan fingerprint density at radius 3 is 2.59 bits per heavy atom. The van der Waals surface area contributed by atoms with Gasteiger partial charge in [-0.25, -0.2) is 4.79 Å². The first-order chi connectivity index (χ1) is 8.02. The average Bonchev–Trinajstić information content (AvgIpc) is 2.27. The third kappa shape index (κ3) is 6.43. The largest absolute Gasteiger partial charge is 0.480 e.